The summed E-state index contributed by atoms with van der Waals surface area (Å²) in [5, 5.41) is 16.4. The van der Waals surface area contributed by atoms with E-state index in [9.17, 15) is 14.7 Å². The first-order chi connectivity index (χ1) is 15.4. The van der Waals surface area contributed by atoms with Gasteiger partial charge < -0.3 is 25.4 Å². The maximum Gasteiger partial charge on any atom is 0.253 e. The summed E-state index contributed by atoms with van der Waals surface area (Å²) in [4.78, 5) is 27.5. The third kappa shape index (κ3) is 6.53. The van der Waals surface area contributed by atoms with Gasteiger partial charge in [0.05, 0.1) is 18.3 Å². The molecule has 2 saturated heterocycles. The number of fused-ring (bicyclic) bond motifs is 2. The van der Waals surface area contributed by atoms with Crippen LogP contribution in [0.25, 0.3) is 0 Å². The van der Waals surface area contributed by atoms with Gasteiger partial charge in [0, 0.05) is 49.8 Å². The smallest absolute Gasteiger partial charge is 0.253 e. The molecule has 2 aliphatic rings. The van der Waals surface area contributed by atoms with Crippen LogP contribution in [0, 0.1) is 12.8 Å². The molecule has 32 heavy (non-hydrogen) atoms. The van der Waals surface area contributed by atoms with Crippen LogP contribution in [0.15, 0.2) is 18.2 Å². The van der Waals surface area contributed by atoms with Crippen molar-refractivity contribution in [2.75, 3.05) is 32.7 Å². The summed E-state index contributed by atoms with van der Waals surface area (Å²) in [6, 6.07) is 5.26. The summed E-state index contributed by atoms with van der Waals surface area (Å²) in [5.41, 5.74) is 1.84. The number of aliphatic hydroxyl groups excluding tert-OH is 1. The van der Waals surface area contributed by atoms with Gasteiger partial charge in [-0.25, -0.2) is 0 Å². The standard InChI is InChI=1S/C25H39N3O4/c1-4-8-28(9-5-2)25(31)19-11-17(3)10-18(12-19)24(30)27-16-21(29)15-26-14-20-13-22-6-7-23(20)32-22/h10-12,20-23,26,29H,4-9,13-16H2,1-3H3,(H,27,30)/t20?,21-,22?,23?/m1/s1. The van der Waals surface area contributed by atoms with Crippen molar-refractivity contribution in [3.63, 3.8) is 0 Å². The second-order valence-electron chi connectivity index (χ2n) is 9.27. The van der Waals surface area contributed by atoms with Crippen LogP contribution in [-0.4, -0.2) is 72.9 Å². The maximum atomic E-state index is 12.9. The Hall–Kier alpha value is -1.96. The van der Waals surface area contributed by atoms with E-state index >= 15 is 0 Å². The Bertz CT molecular complexity index is 778. The van der Waals surface area contributed by atoms with Gasteiger partial charge in [-0.15, -0.1) is 0 Å². The van der Waals surface area contributed by atoms with E-state index < -0.39 is 6.10 Å². The summed E-state index contributed by atoms with van der Waals surface area (Å²) in [7, 11) is 0. The fraction of sp³-hybridized carbons (Fsp3) is 0.680. The van der Waals surface area contributed by atoms with Gasteiger partial charge in [0.15, 0.2) is 0 Å². The van der Waals surface area contributed by atoms with Gasteiger partial charge in [-0.05, 0) is 62.8 Å². The first-order valence-corrected chi connectivity index (χ1v) is 12.1. The normalized spacial score (nSPS) is 22.7. The molecule has 4 atom stereocenters. The molecule has 0 radical (unpaired) electrons. The first kappa shape index (κ1) is 24.7. The predicted molar refractivity (Wildman–Crippen MR) is 125 cm³/mol. The van der Waals surface area contributed by atoms with E-state index in [-0.39, 0.29) is 18.4 Å². The van der Waals surface area contributed by atoms with Crippen LogP contribution in [0.5, 0.6) is 0 Å². The van der Waals surface area contributed by atoms with Gasteiger partial charge >= 0.3 is 0 Å². The molecule has 2 amide bonds. The third-order valence-corrected chi connectivity index (χ3v) is 6.38. The summed E-state index contributed by atoms with van der Waals surface area (Å²) < 4.78 is 5.86. The number of nitrogens with one attached hydrogen (secondary N) is 2. The summed E-state index contributed by atoms with van der Waals surface area (Å²) >= 11 is 0. The number of nitrogens with zero attached hydrogens (tertiary/aromatic N) is 1. The zero-order valence-corrected chi connectivity index (χ0v) is 19.7. The highest BCUT2D eigenvalue weighted by Gasteiger charge is 2.40. The number of carbonyl (C=O) groups excluding carboxylic acids is 2. The highest BCUT2D eigenvalue weighted by molar-refractivity contribution is 6.00. The molecule has 0 aromatic heterocycles. The number of amides is 2. The van der Waals surface area contributed by atoms with Crippen LogP contribution in [0.3, 0.4) is 0 Å². The average molecular weight is 446 g/mol. The van der Waals surface area contributed by atoms with Crippen molar-refractivity contribution in [3.05, 3.63) is 34.9 Å². The number of hydrogen-bond acceptors (Lipinski definition) is 5. The van der Waals surface area contributed by atoms with Crippen molar-refractivity contribution in [1.82, 2.24) is 15.5 Å². The molecule has 3 N–H and O–H groups in total. The first-order valence-electron chi connectivity index (χ1n) is 12.1. The average Bonchev–Trinajstić information content (AvgIpc) is 3.40. The quantitative estimate of drug-likeness (QED) is 0.460. The van der Waals surface area contributed by atoms with Crippen molar-refractivity contribution in [1.29, 1.82) is 0 Å². The van der Waals surface area contributed by atoms with Crippen LogP contribution in [-0.2, 0) is 4.74 Å². The van der Waals surface area contributed by atoms with Crippen molar-refractivity contribution in [3.8, 4) is 0 Å². The molecule has 0 spiro atoms. The zero-order chi connectivity index (χ0) is 23.1. The Morgan fingerprint density at radius 2 is 1.84 bits per heavy atom. The van der Waals surface area contributed by atoms with Crippen molar-refractivity contribution < 1.29 is 19.4 Å². The lowest BCUT2D eigenvalue weighted by molar-refractivity contribution is 0.0755. The lowest BCUT2D eigenvalue weighted by atomic mass is 9.89. The van der Waals surface area contributed by atoms with E-state index in [1.165, 1.54) is 6.42 Å². The molecule has 1 aromatic rings. The lowest BCUT2D eigenvalue weighted by Gasteiger charge is -2.22. The molecule has 7 nitrogen and oxygen atoms in total. The molecule has 2 bridgehead atoms. The zero-order valence-electron chi connectivity index (χ0n) is 19.7. The number of aryl methyl sites for hydroxylation is 1. The van der Waals surface area contributed by atoms with Crippen LogP contribution in [0.4, 0.5) is 0 Å². The van der Waals surface area contributed by atoms with Crippen molar-refractivity contribution in [2.45, 2.75) is 71.2 Å². The molecular formula is C25H39N3O4. The Labute approximate surface area is 191 Å². The van der Waals surface area contributed by atoms with Crippen LogP contribution in [0.2, 0.25) is 0 Å². The number of rotatable bonds is 12. The molecular weight excluding hydrogens is 406 g/mol. The second-order valence-corrected chi connectivity index (χ2v) is 9.27. The van der Waals surface area contributed by atoms with Gasteiger partial charge in [-0.2, -0.15) is 0 Å². The molecule has 0 saturated carbocycles. The Morgan fingerprint density at radius 1 is 1.12 bits per heavy atom. The fourth-order valence-corrected chi connectivity index (χ4v) is 4.85. The maximum absolute atomic E-state index is 12.9. The lowest BCUT2D eigenvalue weighted by Crippen LogP contribution is -2.40. The fourth-order valence-electron chi connectivity index (χ4n) is 4.85. The SMILES string of the molecule is CCCN(CCC)C(=O)c1cc(C)cc(C(=O)NC[C@H](O)CNCC2CC3CCC2O3)c1. The third-order valence-electron chi connectivity index (χ3n) is 6.38. The Morgan fingerprint density at radius 3 is 2.47 bits per heavy atom. The van der Waals surface area contributed by atoms with E-state index in [4.69, 9.17) is 4.74 Å². The molecule has 0 aliphatic carbocycles. The highest BCUT2D eigenvalue weighted by atomic mass is 16.5. The molecule has 7 heteroatoms. The molecule has 2 aliphatic heterocycles. The summed E-state index contributed by atoms with van der Waals surface area (Å²) in [5.74, 6) is 0.208. The minimum Gasteiger partial charge on any atom is -0.390 e. The molecule has 2 fully saturated rings. The van der Waals surface area contributed by atoms with Gasteiger partial charge in [0.25, 0.3) is 11.8 Å². The van der Waals surface area contributed by atoms with Crippen LogP contribution < -0.4 is 10.6 Å². The van der Waals surface area contributed by atoms with Gasteiger partial charge in [-0.3, -0.25) is 9.59 Å². The number of benzene rings is 1. The summed E-state index contributed by atoms with van der Waals surface area (Å²) in [6.07, 6.45) is 5.34. The second kappa shape index (κ2) is 11.8. The van der Waals surface area contributed by atoms with Crippen LogP contribution >= 0.6 is 0 Å². The molecule has 2 heterocycles. The molecule has 3 unspecified atom stereocenters. The minimum atomic E-state index is -0.672. The predicted octanol–water partition coefficient (Wildman–Crippen LogP) is 2.51. The number of carbonyl (C=O) groups is 2. The Balaban J connectivity index is 1.48. The molecule has 3 rings (SSSR count). The summed E-state index contributed by atoms with van der Waals surface area (Å²) in [6.45, 7) is 8.82. The van der Waals surface area contributed by atoms with E-state index in [0.29, 0.717) is 48.9 Å². The van der Waals surface area contributed by atoms with E-state index in [1.807, 2.05) is 17.9 Å². The highest BCUT2D eigenvalue weighted by Crippen LogP contribution is 2.38. The molecule has 1 aromatic carbocycles. The molecule has 178 valence electrons. The van der Waals surface area contributed by atoms with Crippen molar-refractivity contribution in [2.24, 2.45) is 5.92 Å². The van der Waals surface area contributed by atoms with E-state index in [0.717, 1.165) is 37.8 Å². The topological polar surface area (TPSA) is 90.9 Å². The minimum absolute atomic E-state index is 0.0414. The van der Waals surface area contributed by atoms with Gasteiger partial charge in [0.2, 0.25) is 0 Å². The van der Waals surface area contributed by atoms with Gasteiger partial charge in [0.1, 0.15) is 0 Å². The number of aliphatic hydroxyl groups is 1. The van der Waals surface area contributed by atoms with Crippen LogP contribution in [0.1, 0.15) is 72.2 Å². The van der Waals surface area contributed by atoms with Gasteiger partial charge in [-0.1, -0.05) is 13.8 Å². The van der Waals surface area contributed by atoms with E-state index in [1.54, 1.807) is 12.1 Å². The number of hydrogen-bond donors (Lipinski definition) is 3. The monoisotopic (exact) mass is 445 g/mol. The van der Waals surface area contributed by atoms with Crippen molar-refractivity contribution >= 4 is 11.8 Å². The Kier molecular flexibility index (Phi) is 9.08. The van der Waals surface area contributed by atoms with E-state index in [2.05, 4.69) is 24.5 Å². The number of ether oxygens (including phenoxy) is 1. The largest absolute Gasteiger partial charge is 0.390 e.